The molecule has 1 rings (SSSR count). The Morgan fingerprint density at radius 2 is 1.60 bits per heavy atom. The zero-order chi connectivity index (χ0) is 11.1. The van der Waals surface area contributed by atoms with E-state index in [0.29, 0.717) is 5.54 Å². The van der Waals surface area contributed by atoms with Crippen LogP contribution in [0.15, 0.2) is 0 Å². The van der Waals surface area contributed by atoms with Crippen LogP contribution in [0.1, 0.15) is 32.1 Å². The summed E-state index contributed by atoms with van der Waals surface area (Å²) in [4.78, 5) is 0. The highest BCUT2D eigenvalue weighted by Crippen LogP contribution is 2.38. The number of hydrogen-bond acceptors (Lipinski definition) is 4. The first kappa shape index (κ1) is 13.1. The molecule has 0 N–H and O–H groups in total. The highest BCUT2D eigenvalue weighted by molar-refractivity contribution is 6.62. The van der Waals surface area contributed by atoms with E-state index >= 15 is 0 Å². The van der Waals surface area contributed by atoms with Gasteiger partial charge in [-0.2, -0.15) is 0 Å². The first-order valence-corrected chi connectivity index (χ1v) is 7.32. The second kappa shape index (κ2) is 6.60. The Morgan fingerprint density at radius 3 is 2.07 bits per heavy atom. The smallest absolute Gasteiger partial charge is 0.377 e. The van der Waals surface area contributed by atoms with Gasteiger partial charge in [-0.15, -0.1) is 0 Å². The fourth-order valence-corrected chi connectivity index (χ4v) is 4.95. The van der Waals surface area contributed by atoms with Crippen LogP contribution in [0, 0.1) is 0 Å². The van der Waals surface area contributed by atoms with Crippen LogP contribution >= 0.6 is 0 Å². The number of hydrogen-bond donors (Lipinski definition) is 0. The quantitative estimate of drug-likeness (QED) is 0.521. The topological polar surface area (TPSA) is 36.9 Å². The van der Waals surface area contributed by atoms with Crippen LogP contribution in [0.5, 0.6) is 0 Å². The van der Waals surface area contributed by atoms with Gasteiger partial charge in [0.1, 0.15) is 6.79 Å². The maximum atomic E-state index is 5.69. The van der Waals surface area contributed by atoms with Gasteiger partial charge in [0.25, 0.3) is 0 Å². The van der Waals surface area contributed by atoms with E-state index in [-0.39, 0.29) is 6.79 Å². The molecule has 0 aliphatic heterocycles. The summed E-state index contributed by atoms with van der Waals surface area (Å²) in [7, 11) is 2.49. The van der Waals surface area contributed by atoms with Gasteiger partial charge in [0.15, 0.2) is 0 Å². The van der Waals surface area contributed by atoms with Crippen LogP contribution in [0.3, 0.4) is 0 Å². The van der Waals surface area contributed by atoms with Gasteiger partial charge >= 0.3 is 8.80 Å². The van der Waals surface area contributed by atoms with Crippen LogP contribution in [-0.4, -0.2) is 36.9 Å². The van der Waals surface area contributed by atoms with Crippen molar-refractivity contribution in [3.8, 4) is 0 Å². The lowest BCUT2D eigenvalue weighted by atomic mass is 10.0. The second-order valence-corrected chi connectivity index (χ2v) is 7.03. The summed E-state index contributed by atoms with van der Waals surface area (Å²) in [6.07, 6.45) is 6.12. The highest BCUT2D eigenvalue weighted by atomic mass is 28.4. The lowest BCUT2D eigenvalue weighted by Gasteiger charge is -2.35. The minimum atomic E-state index is -2.49. The van der Waals surface area contributed by atoms with Gasteiger partial charge in [-0.05, 0) is 12.8 Å². The molecule has 0 spiro atoms. The first-order valence-electron chi connectivity index (χ1n) is 5.52. The predicted octanol–water partition coefficient (Wildman–Crippen LogP) is 2.17. The molecule has 0 heterocycles. The van der Waals surface area contributed by atoms with Crippen LogP contribution in [-0.2, 0) is 18.0 Å². The van der Waals surface area contributed by atoms with Gasteiger partial charge in [-0.1, -0.05) is 19.3 Å². The third kappa shape index (κ3) is 3.25. The molecular formula is C10H22O4Si. The molecule has 1 aliphatic rings. The van der Waals surface area contributed by atoms with Crippen molar-refractivity contribution in [3.05, 3.63) is 0 Å². The molecule has 4 nitrogen and oxygen atoms in total. The Hall–Kier alpha value is 0.0569. The van der Waals surface area contributed by atoms with Crippen molar-refractivity contribution in [2.24, 2.45) is 0 Å². The third-order valence-electron chi connectivity index (χ3n) is 3.05. The summed E-state index contributed by atoms with van der Waals surface area (Å²) in [6.45, 7) is 0.254. The van der Waals surface area contributed by atoms with Crippen LogP contribution < -0.4 is 0 Å². The SMILES string of the molecule is COCO[Si](OC)(OC)C1CCCCC1. The van der Waals surface area contributed by atoms with E-state index in [0.717, 1.165) is 12.8 Å². The van der Waals surface area contributed by atoms with Crippen molar-refractivity contribution in [1.82, 2.24) is 0 Å². The number of rotatable bonds is 6. The normalized spacial score (nSPS) is 19.4. The van der Waals surface area contributed by atoms with E-state index < -0.39 is 8.80 Å². The van der Waals surface area contributed by atoms with Crippen molar-refractivity contribution in [2.45, 2.75) is 37.6 Å². The molecule has 90 valence electrons. The molecular weight excluding hydrogens is 212 g/mol. The Bertz CT molecular complexity index is 167. The molecule has 15 heavy (non-hydrogen) atoms. The van der Waals surface area contributed by atoms with Crippen LogP contribution in [0.2, 0.25) is 5.54 Å². The highest BCUT2D eigenvalue weighted by Gasteiger charge is 2.48. The average molecular weight is 234 g/mol. The average Bonchev–Trinajstić information content (AvgIpc) is 2.33. The summed E-state index contributed by atoms with van der Waals surface area (Å²) < 4.78 is 21.7. The Morgan fingerprint density at radius 1 is 1.00 bits per heavy atom. The van der Waals surface area contributed by atoms with Crippen molar-refractivity contribution < 1.29 is 18.0 Å². The standard InChI is InChI=1S/C10H22O4Si/c1-11-9-14-15(12-2,13-3)10-7-5-4-6-8-10/h10H,4-9H2,1-3H3. The molecule has 0 saturated heterocycles. The van der Waals surface area contributed by atoms with Gasteiger partial charge in [-0.25, -0.2) is 0 Å². The summed E-state index contributed by atoms with van der Waals surface area (Å²) >= 11 is 0. The predicted molar refractivity (Wildman–Crippen MR) is 59.6 cm³/mol. The lowest BCUT2D eigenvalue weighted by molar-refractivity contribution is -0.0175. The van der Waals surface area contributed by atoms with E-state index in [1.165, 1.54) is 19.3 Å². The van der Waals surface area contributed by atoms with Gasteiger partial charge in [-0.3, -0.25) is 0 Å². The molecule has 5 heteroatoms. The molecule has 0 atom stereocenters. The maximum absolute atomic E-state index is 5.69. The van der Waals surface area contributed by atoms with Crippen molar-refractivity contribution in [3.63, 3.8) is 0 Å². The molecule has 1 saturated carbocycles. The fourth-order valence-electron chi connectivity index (χ4n) is 2.25. The summed E-state index contributed by atoms with van der Waals surface area (Å²) in [5, 5.41) is 0. The molecule has 1 aliphatic carbocycles. The van der Waals surface area contributed by atoms with Crippen molar-refractivity contribution >= 4 is 8.80 Å². The second-order valence-electron chi connectivity index (χ2n) is 3.90. The maximum Gasteiger partial charge on any atom is 0.505 e. The molecule has 0 aromatic heterocycles. The minimum absolute atomic E-state index is 0.254. The Kier molecular flexibility index (Phi) is 5.77. The van der Waals surface area contributed by atoms with Crippen molar-refractivity contribution in [2.75, 3.05) is 28.1 Å². The fraction of sp³-hybridized carbons (Fsp3) is 1.00. The van der Waals surface area contributed by atoms with E-state index in [2.05, 4.69) is 0 Å². The minimum Gasteiger partial charge on any atom is -0.377 e. The summed E-state index contributed by atoms with van der Waals surface area (Å²) in [5.74, 6) is 0. The summed E-state index contributed by atoms with van der Waals surface area (Å²) in [6, 6.07) is 0. The van der Waals surface area contributed by atoms with Gasteiger partial charge in [0.2, 0.25) is 0 Å². The molecule has 0 bridgehead atoms. The molecule has 0 aromatic carbocycles. The van der Waals surface area contributed by atoms with Crippen molar-refractivity contribution in [1.29, 1.82) is 0 Å². The van der Waals surface area contributed by atoms with Gasteiger partial charge < -0.3 is 18.0 Å². The monoisotopic (exact) mass is 234 g/mol. The van der Waals surface area contributed by atoms with Crippen LogP contribution in [0.4, 0.5) is 0 Å². The first-order chi connectivity index (χ1) is 7.29. The van der Waals surface area contributed by atoms with Gasteiger partial charge in [0, 0.05) is 26.9 Å². The molecule has 0 unspecified atom stereocenters. The zero-order valence-electron chi connectivity index (χ0n) is 9.95. The molecule has 0 radical (unpaired) electrons. The molecule has 1 fully saturated rings. The lowest BCUT2D eigenvalue weighted by Crippen LogP contribution is -2.49. The largest absolute Gasteiger partial charge is 0.505 e. The Labute approximate surface area is 93.2 Å². The van der Waals surface area contributed by atoms with Crippen LogP contribution in [0.25, 0.3) is 0 Å². The van der Waals surface area contributed by atoms with Gasteiger partial charge in [0.05, 0.1) is 0 Å². The summed E-state index contributed by atoms with van der Waals surface area (Å²) in [5.41, 5.74) is 0.441. The van der Waals surface area contributed by atoms with E-state index in [1.807, 2.05) is 0 Å². The molecule has 0 amide bonds. The third-order valence-corrected chi connectivity index (χ3v) is 6.29. The Balaban J connectivity index is 2.59. The number of ether oxygens (including phenoxy) is 1. The van der Waals surface area contributed by atoms with E-state index in [1.54, 1.807) is 21.3 Å². The molecule has 0 aromatic rings. The van der Waals surface area contributed by atoms with E-state index in [4.69, 9.17) is 18.0 Å². The zero-order valence-corrected chi connectivity index (χ0v) is 11.0. The van der Waals surface area contributed by atoms with E-state index in [9.17, 15) is 0 Å². The number of methoxy groups -OCH3 is 1.